The van der Waals surface area contributed by atoms with Gasteiger partial charge in [0, 0.05) is 83.1 Å². The third-order valence-electron chi connectivity index (χ3n) is 19.2. The van der Waals surface area contributed by atoms with Crippen molar-refractivity contribution in [2.24, 2.45) is 0 Å². The molecule has 10 aromatic heterocycles. The van der Waals surface area contributed by atoms with Gasteiger partial charge in [-0.15, -0.1) is 222 Å². The first kappa shape index (κ1) is 125. The van der Waals surface area contributed by atoms with Crippen molar-refractivity contribution in [2.75, 3.05) is 33.0 Å². The minimum Gasteiger partial charge on any atom is -0.508 e. The standard InChI is InChI=1S/C16H13NO4S.C13H16N2O3S2.C12H13N3O6S2.C9H14N2O3S.2C8H11N3O6S.2C7H9N3O6S/c1-10-2-7-13-14(9-21-17(19)20)16(22-15(13)8-10)11-3-5-12(18)6-4-11;1-3-11(10-5-7-19-8-10)13-14-9(2)12(20-13)4-6-18-15(16)17;1-8-10(3-5-20-14(16)17)23-11(13-8)12(2,21-15(18)19)9-4-6-22-7-9;1-3-4-9-10-7(2)8(15-9)5-6-14-11(12)13;2*1-5-7(3-4-16-10(12)13)18-8(9-5)6(2)17-11(14)15;2*1-4-6(3-15-9(11)12)17-7(8-4)5(2)16-10(13)14/h2-8,18H,9H2,1H3;5,7-8,11H,3-4,6H2,1-2H3;4,6-7H,3,5H2,1-2H3;3-6H2,1-2H3;2*6H,3-4H2,1-2H3;2*5H,3H2,1-2H3. The van der Waals surface area contributed by atoms with Gasteiger partial charge in [0.2, 0.25) is 0 Å². The Kier molecular flexibility index (Phi) is 52.3. The smallest absolute Gasteiger partial charge is 0.295 e. The first-order chi connectivity index (χ1) is 70.7. The third-order valence-corrected chi connectivity index (χ3v) is 31.2. The first-order valence-corrected chi connectivity index (χ1v) is 51.5. The van der Waals surface area contributed by atoms with E-state index in [-0.39, 0.29) is 58.6 Å². The quantitative estimate of drug-likeness (QED) is 0.0273. The van der Waals surface area contributed by atoms with Crippen LogP contribution >= 0.6 is 113 Å². The Morgan fingerprint density at radius 2 is 0.693 bits per heavy atom. The molecule has 0 radical (unpaired) electrons. The summed E-state index contributed by atoms with van der Waals surface area (Å²) >= 11 is 13.7. The van der Waals surface area contributed by atoms with E-state index in [4.69, 9.17) is 4.84 Å². The van der Waals surface area contributed by atoms with Crippen LogP contribution in [0.5, 0.6) is 5.75 Å². The minimum absolute atomic E-state index is 0.0695. The summed E-state index contributed by atoms with van der Waals surface area (Å²) in [5, 5.41) is 144. The lowest BCUT2D eigenvalue weighted by Crippen LogP contribution is -2.29. The molecule has 70 heteroatoms. The van der Waals surface area contributed by atoms with Crippen LogP contribution in [0.2, 0.25) is 0 Å². The van der Waals surface area contributed by atoms with Gasteiger partial charge in [0.15, 0.2) is 30.0 Å². The number of thiophene rings is 3. The van der Waals surface area contributed by atoms with Gasteiger partial charge in [0.1, 0.15) is 88.7 Å². The fourth-order valence-corrected chi connectivity index (χ4v) is 22.5. The summed E-state index contributed by atoms with van der Waals surface area (Å²) in [5.74, 6) is 0.499. The maximum Gasteiger partial charge on any atom is 0.295 e. The summed E-state index contributed by atoms with van der Waals surface area (Å²) in [6.45, 7) is 25.6. The van der Waals surface area contributed by atoms with Crippen LogP contribution in [-0.2, 0) is 127 Å². The zero-order valence-corrected chi connectivity index (χ0v) is 89.8. The number of rotatable bonds is 51. The molecule has 0 aliphatic carbocycles. The van der Waals surface area contributed by atoms with Gasteiger partial charge < -0.3 is 63.2 Å². The number of hydrogen-bond donors (Lipinski definition) is 1. The van der Waals surface area contributed by atoms with E-state index in [1.807, 2.05) is 32.9 Å². The normalized spacial score (nSPS) is 11.8. The van der Waals surface area contributed by atoms with E-state index in [0.717, 1.165) is 119 Å². The molecular weight excluding hydrogens is 2200 g/mol. The van der Waals surface area contributed by atoms with Gasteiger partial charge in [0.25, 0.3) is 66.1 Å². The highest BCUT2D eigenvalue weighted by Gasteiger charge is 2.38. The molecule has 12 rings (SSSR count). The number of phenols is 1. The third kappa shape index (κ3) is 44.0. The van der Waals surface area contributed by atoms with Crippen LogP contribution in [0.4, 0.5) is 0 Å². The molecule has 0 fully saturated rings. The van der Waals surface area contributed by atoms with Crippen molar-refractivity contribution in [3.8, 4) is 16.2 Å². The van der Waals surface area contributed by atoms with Gasteiger partial charge in [-0.1, -0.05) is 26.0 Å². The highest BCUT2D eigenvalue weighted by Crippen LogP contribution is 2.43. The summed E-state index contributed by atoms with van der Waals surface area (Å²) in [4.78, 5) is 225. The topological polar surface area (TPSA) is 791 Å². The Morgan fingerprint density at radius 1 is 0.353 bits per heavy atom. The van der Waals surface area contributed by atoms with Crippen molar-refractivity contribution >= 4 is 123 Å². The molecule has 2 aromatic carbocycles. The molecule has 0 spiro atoms. The van der Waals surface area contributed by atoms with Gasteiger partial charge >= 0.3 is 0 Å². The van der Waals surface area contributed by atoms with E-state index in [2.05, 4.69) is 130 Å². The van der Waals surface area contributed by atoms with E-state index in [1.165, 1.54) is 78.6 Å². The predicted octanol–water partition coefficient (Wildman–Crippen LogP) is 18.8. The van der Waals surface area contributed by atoms with E-state index >= 15 is 0 Å². The Morgan fingerprint density at radius 3 is 1.05 bits per heavy atom. The second-order valence-electron chi connectivity index (χ2n) is 29.9. The molecule has 150 heavy (non-hydrogen) atoms. The molecule has 60 nitrogen and oxygen atoms in total. The molecule has 0 bridgehead atoms. The van der Waals surface area contributed by atoms with Crippen LogP contribution in [0.15, 0.2) is 76.1 Å². The molecular formula is C80H96N20O40S10. The summed E-state index contributed by atoms with van der Waals surface area (Å²) in [6, 6.07) is 16.7. The Labute approximate surface area is 885 Å². The molecule has 10 heterocycles. The number of aryl methyl sites for hydroxylation is 9. The van der Waals surface area contributed by atoms with Gasteiger partial charge in [-0.05, 0) is 195 Å². The van der Waals surface area contributed by atoms with Crippen molar-refractivity contribution in [3.05, 3.63) is 339 Å². The number of benzene rings is 2. The summed E-state index contributed by atoms with van der Waals surface area (Å²) in [7, 11) is 0. The number of aromatic nitrogens is 7. The van der Waals surface area contributed by atoms with E-state index in [1.54, 1.807) is 128 Å². The van der Waals surface area contributed by atoms with Crippen molar-refractivity contribution < 1.29 is 134 Å². The largest absolute Gasteiger partial charge is 0.508 e. The van der Waals surface area contributed by atoms with Crippen molar-refractivity contribution in [1.82, 2.24) is 34.9 Å². The van der Waals surface area contributed by atoms with Crippen LogP contribution in [0.25, 0.3) is 20.5 Å². The summed E-state index contributed by atoms with van der Waals surface area (Å²) in [6.07, 6.45) is 1.96. The maximum absolute atomic E-state index is 10.9. The van der Waals surface area contributed by atoms with Crippen molar-refractivity contribution in [1.29, 1.82) is 0 Å². The lowest BCUT2D eigenvalue weighted by Gasteiger charge is -2.23. The molecule has 1 N–H and O–H groups in total. The summed E-state index contributed by atoms with van der Waals surface area (Å²) in [5.41, 5.74) is 8.39. The molecule has 0 aliphatic rings. The minimum atomic E-state index is -1.32. The maximum atomic E-state index is 10.9. The monoisotopic (exact) mass is 2300 g/mol. The zero-order valence-electron chi connectivity index (χ0n) is 81.6. The number of aromatic hydroxyl groups is 1. The number of thiazole rings is 7. The van der Waals surface area contributed by atoms with E-state index < -0.39 is 96.1 Å². The van der Waals surface area contributed by atoms with Gasteiger partial charge in [-0.2, -0.15) is 22.7 Å². The van der Waals surface area contributed by atoms with Crippen LogP contribution < -0.4 is 0 Å². The second-order valence-corrected chi connectivity index (χ2v) is 40.4. The van der Waals surface area contributed by atoms with E-state index in [9.17, 15) is 137 Å². The molecule has 0 saturated carbocycles. The predicted molar refractivity (Wildman–Crippen MR) is 536 cm³/mol. The SMILES string of the molecule is CCC(c1ccsc1)c1nc(C)c(CCO[N+](=O)[O-])s1.CCCc1nc(C)c(CCO[N+](=O)[O-])s1.Cc1ccc2c(CO[N+](=O)[O-])c(-c3ccc(O)cc3)sc2c1.Cc1nc(C(C)(O[N+](=O)[O-])c2ccsc2)sc1CCO[N+](=O)[O-].Cc1nc(C(C)O[N+](=O)[O-])sc1CCO[N+](=O)[O-].Cc1nc(C(C)O[N+](=O)[O-])sc1CCO[N+](=O)[O-].Cc1nc(C(C)O[N+](=O)[O-])sc1CO[N+](=O)[O-].Cc1nc(C(C)O[N+](=O)[O-])sc1CO[N+](=O)[O-]. The van der Waals surface area contributed by atoms with Crippen LogP contribution in [0.1, 0.15) is 223 Å². The number of hydrogen-bond acceptors (Lipinski definition) is 57. The summed E-state index contributed by atoms with van der Waals surface area (Å²) < 4.78 is 1.06. The van der Waals surface area contributed by atoms with Crippen LogP contribution in [0.3, 0.4) is 0 Å². The van der Waals surface area contributed by atoms with Gasteiger partial charge in [-0.25, -0.2) is 34.9 Å². The Bertz CT molecular complexity index is 6290. The molecule has 0 aliphatic heterocycles. The fraction of sp³-hybridized carbons (Fsp3) is 0.463. The highest BCUT2D eigenvalue weighted by molar-refractivity contribution is 7.22. The van der Waals surface area contributed by atoms with Crippen molar-refractivity contribution in [3.63, 3.8) is 0 Å². The lowest BCUT2D eigenvalue weighted by molar-refractivity contribution is -0.780. The molecule has 0 amide bonds. The number of nitrogens with zero attached hydrogens (tertiary/aromatic N) is 20. The van der Waals surface area contributed by atoms with Gasteiger partial charge in [0.05, 0.1) is 54.6 Å². The second kappa shape index (κ2) is 62.7. The number of fused-ring (bicyclic) bond motifs is 1. The lowest BCUT2D eigenvalue weighted by atomic mass is 10.0. The van der Waals surface area contributed by atoms with E-state index in [0.29, 0.717) is 107 Å². The molecule has 6 unspecified atom stereocenters. The molecule has 6 atom stereocenters. The molecule has 12 aromatic rings. The average Bonchev–Trinajstić information content (AvgIpc) is 1.63. The van der Waals surface area contributed by atoms with Crippen LogP contribution in [-0.4, -0.2) is 139 Å². The Balaban J connectivity index is 0.000000302. The van der Waals surface area contributed by atoms with Gasteiger partial charge in [-0.3, -0.25) is 4.84 Å². The molecule has 0 saturated heterocycles. The Hall–Kier alpha value is -15.4. The van der Waals surface area contributed by atoms with Crippen LogP contribution in [0, 0.1) is 187 Å². The molecule has 816 valence electrons. The number of phenolic OH excluding ortho intramolecular Hbond substituents is 1. The first-order valence-electron chi connectivity index (χ1n) is 43.1. The fourth-order valence-electron chi connectivity index (χ4n) is 12.2. The zero-order chi connectivity index (χ0) is 112. The highest BCUT2D eigenvalue weighted by atomic mass is 32.1. The average molecular weight is 2300 g/mol. The van der Waals surface area contributed by atoms with Crippen molar-refractivity contribution in [2.45, 2.75) is 211 Å².